The minimum atomic E-state index is -3.15. The fourth-order valence-corrected chi connectivity index (χ4v) is 1.99. The van der Waals surface area contributed by atoms with Gasteiger partial charge in [-0.05, 0) is 26.1 Å². The maximum atomic E-state index is 11.7. The molecule has 0 radical (unpaired) electrons. The van der Waals surface area contributed by atoms with Crippen molar-refractivity contribution in [1.29, 1.82) is 0 Å². The molecule has 1 aromatic heterocycles. The highest BCUT2D eigenvalue weighted by Crippen LogP contribution is 2.21. The first-order chi connectivity index (χ1) is 7.56. The number of hydrogen-bond acceptors (Lipinski definition) is 4. The van der Waals surface area contributed by atoms with Gasteiger partial charge in [-0.1, -0.05) is 13.8 Å². The summed E-state index contributed by atoms with van der Waals surface area (Å²) in [6.07, 6.45) is 1.24. The van der Waals surface area contributed by atoms with E-state index in [2.05, 4.69) is 10.2 Å². The molecule has 0 fully saturated rings. The monoisotopic (exact) mass is 277 g/mol. The zero-order chi connectivity index (χ0) is 13.4. The van der Waals surface area contributed by atoms with Crippen LogP contribution in [0.15, 0.2) is 0 Å². The Bertz CT molecular complexity index is 552. The van der Waals surface area contributed by atoms with Crippen LogP contribution in [0.2, 0.25) is 0 Å². The predicted octanol–water partition coefficient (Wildman–Crippen LogP) is 1.89. The molecule has 0 bridgehead atoms. The Hall–Kier alpha value is -0.690. The van der Waals surface area contributed by atoms with Crippen molar-refractivity contribution in [2.75, 3.05) is 6.26 Å². The van der Waals surface area contributed by atoms with Crippen LogP contribution in [-0.2, 0) is 16.4 Å². The van der Waals surface area contributed by atoms with Crippen LogP contribution in [0.1, 0.15) is 39.4 Å². The third-order valence-corrected chi connectivity index (χ3v) is 5.30. The van der Waals surface area contributed by atoms with Gasteiger partial charge in [0.15, 0.2) is 14.6 Å². The van der Waals surface area contributed by atoms with Crippen LogP contribution in [-0.4, -0.2) is 34.2 Å². The van der Waals surface area contributed by atoms with E-state index in [4.69, 9.17) is 12.2 Å². The Morgan fingerprint density at radius 2 is 2.00 bits per heavy atom. The van der Waals surface area contributed by atoms with E-state index in [0.717, 1.165) is 5.82 Å². The van der Waals surface area contributed by atoms with Gasteiger partial charge in [-0.3, -0.25) is 5.10 Å². The fraction of sp³-hybridized carbons (Fsp3) is 0.800. The number of aromatic amines is 1. The minimum absolute atomic E-state index is 0.193. The van der Waals surface area contributed by atoms with Crippen molar-refractivity contribution >= 4 is 22.1 Å². The van der Waals surface area contributed by atoms with E-state index in [1.54, 1.807) is 18.4 Å². The molecule has 0 aliphatic carbocycles. The van der Waals surface area contributed by atoms with E-state index in [1.807, 2.05) is 13.8 Å². The summed E-state index contributed by atoms with van der Waals surface area (Å²) < 4.78 is 24.8. The Morgan fingerprint density at radius 3 is 2.41 bits per heavy atom. The van der Waals surface area contributed by atoms with Gasteiger partial charge in [-0.25, -0.2) is 8.42 Å². The van der Waals surface area contributed by atoms with Crippen molar-refractivity contribution in [3.63, 3.8) is 0 Å². The van der Waals surface area contributed by atoms with E-state index in [9.17, 15) is 8.42 Å². The molecule has 0 amide bonds. The molecule has 1 rings (SSSR count). The summed E-state index contributed by atoms with van der Waals surface area (Å²) in [4.78, 5) is 0. The van der Waals surface area contributed by atoms with Crippen LogP contribution in [0.4, 0.5) is 0 Å². The van der Waals surface area contributed by atoms with Crippen LogP contribution >= 0.6 is 12.2 Å². The quantitative estimate of drug-likeness (QED) is 0.853. The Balaban J connectivity index is 3.21. The summed E-state index contributed by atoms with van der Waals surface area (Å²) in [6, 6.07) is 0. The highest BCUT2D eigenvalue weighted by molar-refractivity contribution is 7.92. The standard InChI is InChI=1S/C10H19N3O2S2/c1-7(2)8-11-12-9(16)13(8)6-10(3,4)17(5,14)15/h7H,6H2,1-5H3,(H,12,16). The highest BCUT2D eigenvalue weighted by Gasteiger charge is 2.32. The molecule has 1 N–H and O–H groups in total. The molecule has 5 nitrogen and oxygen atoms in total. The number of nitrogens with one attached hydrogen (secondary N) is 1. The van der Waals surface area contributed by atoms with Gasteiger partial charge in [0.1, 0.15) is 5.82 Å². The van der Waals surface area contributed by atoms with Crippen LogP contribution in [0.3, 0.4) is 0 Å². The summed E-state index contributed by atoms with van der Waals surface area (Å²) in [6.45, 7) is 7.70. The number of hydrogen-bond donors (Lipinski definition) is 1. The maximum Gasteiger partial charge on any atom is 0.195 e. The normalized spacial score (nSPS) is 13.3. The van der Waals surface area contributed by atoms with Crippen molar-refractivity contribution in [1.82, 2.24) is 14.8 Å². The molecule has 0 atom stereocenters. The lowest BCUT2D eigenvalue weighted by Gasteiger charge is -2.24. The summed E-state index contributed by atoms with van der Waals surface area (Å²) in [5, 5.41) is 6.85. The van der Waals surface area contributed by atoms with Crippen LogP contribution in [0, 0.1) is 4.77 Å². The second kappa shape index (κ2) is 4.53. The molecule has 0 aromatic carbocycles. The van der Waals surface area contributed by atoms with Crippen LogP contribution in [0.5, 0.6) is 0 Å². The number of H-pyrrole nitrogens is 1. The smallest absolute Gasteiger partial charge is 0.195 e. The zero-order valence-electron chi connectivity index (χ0n) is 10.8. The molecule has 7 heteroatoms. The van der Waals surface area contributed by atoms with E-state index in [-0.39, 0.29) is 5.92 Å². The predicted molar refractivity (Wildman–Crippen MR) is 70.4 cm³/mol. The van der Waals surface area contributed by atoms with E-state index in [1.165, 1.54) is 6.26 Å². The fourth-order valence-electron chi connectivity index (χ4n) is 1.42. The highest BCUT2D eigenvalue weighted by atomic mass is 32.2. The number of nitrogens with zero attached hydrogens (tertiary/aromatic N) is 2. The van der Waals surface area contributed by atoms with E-state index < -0.39 is 14.6 Å². The number of rotatable bonds is 4. The first-order valence-electron chi connectivity index (χ1n) is 5.41. The summed E-state index contributed by atoms with van der Waals surface area (Å²) in [7, 11) is -3.15. The van der Waals surface area contributed by atoms with Gasteiger partial charge in [0, 0.05) is 18.7 Å². The summed E-state index contributed by atoms with van der Waals surface area (Å²) >= 11 is 5.13. The summed E-state index contributed by atoms with van der Waals surface area (Å²) in [5.41, 5.74) is 0. The van der Waals surface area contributed by atoms with Gasteiger partial charge in [0.2, 0.25) is 0 Å². The summed E-state index contributed by atoms with van der Waals surface area (Å²) in [5.74, 6) is 0.977. The first-order valence-corrected chi connectivity index (χ1v) is 7.71. The number of aromatic nitrogens is 3. The molecule has 0 unspecified atom stereocenters. The molecule has 1 heterocycles. The molecule has 98 valence electrons. The second-order valence-electron chi connectivity index (χ2n) is 5.16. The van der Waals surface area contributed by atoms with Gasteiger partial charge in [0.05, 0.1) is 4.75 Å². The van der Waals surface area contributed by atoms with Gasteiger partial charge in [-0.15, -0.1) is 0 Å². The van der Waals surface area contributed by atoms with Gasteiger partial charge in [0.25, 0.3) is 0 Å². The van der Waals surface area contributed by atoms with E-state index >= 15 is 0 Å². The van der Waals surface area contributed by atoms with Crippen LogP contribution in [0.25, 0.3) is 0 Å². The van der Waals surface area contributed by atoms with Gasteiger partial charge < -0.3 is 4.57 Å². The van der Waals surface area contributed by atoms with E-state index in [0.29, 0.717) is 11.3 Å². The lowest BCUT2D eigenvalue weighted by molar-refractivity contribution is 0.485. The molecule has 0 spiro atoms. The average molecular weight is 277 g/mol. The van der Waals surface area contributed by atoms with Crippen molar-refractivity contribution in [2.45, 2.75) is 44.9 Å². The van der Waals surface area contributed by atoms with Crippen molar-refractivity contribution in [2.24, 2.45) is 0 Å². The zero-order valence-corrected chi connectivity index (χ0v) is 12.4. The second-order valence-corrected chi connectivity index (χ2v) is 8.20. The van der Waals surface area contributed by atoms with Crippen LogP contribution < -0.4 is 0 Å². The Morgan fingerprint density at radius 1 is 1.47 bits per heavy atom. The third-order valence-electron chi connectivity index (χ3n) is 2.85. The molecule has 0 aliphatic rings. The lowest BCUT2D eigenvalue weighted by Crippen LogP contribution is -2.36. The van der Waals surface area contributed by atoms with Gasteiger partial charge >= 0.3 is 0 Å². The molecule has 0 aliphatic heterocycles. The molecule has 0 saturated heterocycles. The van der Waals surface area contributed by atoms with Crippen molar-refractivity contribution in [3.8, 4) is 0 Å². The molecule has 17 heavy (non-hydrogen) atoms. The third kappa shape index (κ3) is 2.95. The Labute approximate surface area is 107 Å². The molecular formula is C10H19N3O2S2. The average Bonchev–Trinajstić information content (AvgIpc) is 2.45. The first kappa shape index (κ1) is 14.4. The minimum Gasteiger partial charge on any atom is -0.302 e. The maximum absolute atomic E-state index is 11.7. The molecule has 1 aromatic rings. The van der Waals surface area contributed by atoms with Crippen molar-refractivity contribution < 1.29 is 8.42 Å². The van der Waals surface area contributed by atoms with Gasteiger partial charge in [-0.2, -0.15) is 5.10 Å². The topological polar surface area (TPSA) is 67.8 Å². The number of sulfone groups is 1. The SMILES string of the molecule is CC(C)c1n[nH]c(=S)n1CC(C)(C)S(C)(=O)=O. The molecule has 0 saturated carbocycles. The Kier molecular flexibility index (Phi) is 3.83. The largest absolute Gasteiger partial charge is 0.302 e. The lowest BCUT2D eigenvalue weighted by atomic mass is 10.1. The molecular weight excluding hydrogens is 258 g/mol. The van der Waals surface area contributed by atoms with Crippen molar-refractivity contribution in [3.05, 3.63) is 10.6 Å².